The lowest BCUT2D eigenvalue weighted by molar-refractivity contribution is -0.385. The minimum atomic E-state index is -0.812. The molecule has 0 unspecified atom stereocenters. The summed E-state index contributed by atoms with van der Waals surface area (Å²) >= 11 is 0. The zero-order chi connectivity index (χ0) is 13.7. The van der Waals surface area contributed by atoms with Crippen LogP contribution in [0, 0.1) is 10.1 Å². The van der Waals surface area contributed by atoms with Crippen LogP contribution in [0.3, 0.4) is 0 Å². The van der Waals surface area contributed by atoms with Crippen LogP contribution < -0.4 is 11.1 Å². The van der Waals surface area contributed by atoms with Gasteiger partial charge in [0.05, 0.1) is 21.5 Å². The van der Waals surface area contributed by atoms with Gasteiger partial charge in [-0.3, -0.25) is 24.6 Å². The van der Waals surface area contributed by atoms with Crippen molar-refractivity contribution >= 4 is 16.7 Å². The van der Waals surface area contributed by atoms with E-state index in [4.69, 9.17) is 0 Å². The van der Waals surface area contributed by atoms with Crippen LogP contribution in [0.15, 0.2) is 15.7 Å². The van der Waals surface area contributed by atoms with E-state index in [1.165, 1.54) is 6.07 Å². The molecule has 98 valence electrons. The number of hydrogen-bond acceptors (Lipinski definition) is 5. The van der Waals surface area contributed by atoms with Gasteiger partial charge in [-0.1, -0.05) is 0 Å². The zero-order valence-corrected chi connectivity index (χ0v) is 10.0. The lowest BCUT2D eigenvalue weighted by atomic mass is 10.1. The number of fused-ring (bicyclic) bond motifs is 3. The molecule has 8 heteroatoms. The molecule has 1 aliphatic heterocycles. The molecule has 3 rings (SSSR count). The zero-order valence-electron chi connectivity index (χ0n) is 10.0. The molecular weight excluding hydrogens is 252 g/mol. The number of nitro benzene ring substituents is 1. The van der Waals surface area contributed by atoms with Crippen molar-refractivity contribution < 1.29 is 4.92 Å². The Bertz CT molecular complexity index is 820. The summed E-state index contributed by atoms with van der Waals surface area (Å²) in [6.45, 7) is 0.943. The Morgan fingerprint density at radius 1 is 1.21 bits per heavy atom. The van der Waals surface area contributed by atoms with Gasteiger partial charge in [-0.15, -0.1) is 0 Å². The third kappa shape index (κ3) is 1.65. The van der Waals surface area contributed by atoms with Gasteiger partial charge in [0.2, 0.25) is 0 Å². The molecule has 0 atom stereocenters. The van der Waals surface area contributed by atoms with Gasteiger partial charge in [0, 0.05) is 24.7 Å². The summed E-state index contributed by atoms with van der Waals surface area (Å²) in [5.74, 6) is 0. The summed E-state index contributed by atoms with van der Waals surface area (Å²) in [6.07, 6.45) is 0. The first-order valence-corrected chi connectivity index (χ1v) is 5.61. The first kappa shape index (κ1) is 11.6. The monoisotopic (exact) mass is 262 g/mol. The van der Waals surface area contributed by atoms with Crippen LogP contribution in [0.4, 0.5) is 5.69 Å². The number of H-pyrrole nitrogens is 2. The molecular formula is C11H10N4O4. The molecule has 0 bridgehead atoms. The van der Waals surface area contributed by atoms with Gasteiger partial charge in [-0.25, -0.2) is 0 Å². The Kier molecular flexibility index (Phi) is 2.29. The maximum atomic E-state index is 11.4. The Morgan fingerprint density at radius 3 is 2.53 bits per heavy atom. The van der Waals surface area contributed by atoms with Crippen molar-refractivity contribution in [2.45, 2.75) is 13.1 Å². The van der Waals surface area contributed by atoms with Gasteiger partial charge in [0.1, 0.15) is 0 Å². The smallest absolute Gasteiger partial charge is 0.314 e. The number of nitrogens with zero attached hydrogens (tertiary/aromatic N) is 2. The van der Waals surface area contributed by atoms with E-state index in [1.54, 1.807) is 0 Å². The number of aromatic nitrogens is 2. The van der Waals surface area contributed by atoms with Crippen molar-refractivity contribution in [2.24, 2.45) is 0 Å². The molecule has 1 aliphatic rings. The Morgan fingerprint density at radius 2 is 1.84 bits per heavy atom. The average molecular weight is 262 g/mol. The second-order valence-corrected chi connectivity index (χ2v) is 4.61. The Balaban J connectivity index is 2.47. The molecule has 0 spiro atoms. The van der Waals surface area contributed by atoms with Crippen LogP contribution >= 0.6 is 0 Å². The summed E-state index contributed by atoms with van der Waals surface area (Å²) in [5.41, 5.74) is 0.434. The molecule has 2 heterocycles. The number of rotatable bonds is 1. The first-order valence-electron chi connectivity index (χ1n) is 5.61. The van der Waals surface area contributed by atoms with E-state index < -0.39 is 16.0 Å². The fraction of sp³-hybridized carbons (Fsp3) is 0.273. The fourth-order valence-corrected chi connectivity index (χ4v) is 2.46. The van der Waals surface area contributed by atoms with Gasteiger partial charge in [-0.05, 0) is 7.05 Å². The van der Waals surface area contributed by atoms with Crippen molar-refractivity contribution in [3.8, 4) is 0 Å². The second-order valence-electron chi connectivity index (χ2n) is 4.61. The summed E-state index contributed by atoms with van der Waals surface area (Å²) in [4.78, 5) is 40.1. The number of hydrogen-bond donors (Lipinski definition) is 2. The topological polar surface area (TPSA) is 112 Å². The molecule has 0 saturated carbocycles. The lowest BCUT2D eigenvalue weighted by Gasteiger charge is -2.05. The highest BCUT2D eigenvalue weighted by molar-refractivity contribution is 5.83. The third-order valence-corrected chi connectivity index (χ3v) is 3.27. The van der Waals surface area contributed by atoms with Crippen LogP contribution in [0.25, 0.3) is 11.0 Å². The van der Waals surface area contributed by atoms with Crippen LogP contribution in [0.1, 0.15) is 11.1 Å². The van der Waals surface area contributed by atoms with Gasteiger partial charge >= 0.3 is 11.1 Å². The maximum Gasteiger partial charge on any atom is 0.314 e. The summed E-state index contributed by atoms with van der Waals surface area (Å²) in [6, 6.07) is 1.30. The standard InChI is InChI=1S/C11H10N4O4/c1-14-3-5-6(4-14)9-7(2-8(5)15(18)19)12-10(16)11(17)13-9/h2H,3-4H2,1H3,(H,12,16)(H,13,17). The fourth-order valence-electron chi connectivity index (χ4n) is 2.46. The number of nitrogens with one attached hydrogen (secondary N) is 2. The summed E-state index contributed by atoms with van der Waals surface area (Å²) in [7, 11) is 1.83. The molecule has 0 radical (unpaired) electrons. The molecule has 1 aromatic heterocycles. The molecule has 0 saturated heterocycles. The quantitative estimate of drug-likeness (QED) is 0.429. The number of aromatic amines is 2. The van der Waals surface area contributed by atoms with Gasteiger partial charge < -0.3 is 9.97 Å². The highest BCUT2D eigenvalue weighted by atomic mass is 16.6. The van der Waals surface area contributed by atoms with E-state index in [-0.39, 0.29) is 11.2 Å². The van der Waals surface area contributed by atoms with E-state index in [9.17, 15) is 19.7 Å². The van der Waals surface area contributed by atoms with E-state index in [0.29, 0.717) is 29.7 Å². The average Bonchev–Trinajstić information content (AvgIpc) is 2.71. The molecule has 0 aliphatic carbocycles. The second kappa shape index (κ2) is 3.75. The molecule has 1 aromatic carbocycles. The number of nitro groups is 1. The van der Waals surface area contributed by atoms with Crippen LogP contribution in [0.5, 0.6) is 0 Å². The number of benzene rings is 1. The molecule has 0 amide bonds. The van der Waals surface area contributed by atoms with Crippen molar-refractivity contribution in [3.63, 3.8) is 0 Å². The maximum absolute atomic E-state index is 11.4. The first-order chi connectivity index (χ1) is 8.97. The van der Waals surface area contributed by atoms with Gasteiger partial charge in [0.15, 0.2) is 0 Å². The lowest BCUT2D eigenvalue weighted by Crippen LogP contribution is -2.29. The molecule has 8 nitrogen and oxygen atoms in total. The van der Waals surface area contributed by atoms with Gasteiger partial charge in [0.25, 0.3) is 5.69 Å². The molecule has 2 aromatic rings. The van der Waals surface area contributed by atoms with Crippen LogP contribution in [0.2, 0.25) is 0 Å². The van der Waals surface area contributed by atoms with Crippen molar-refractivity contribution in [2.75, 3.05) is 7.05 Å². The van der Waals surface area contributed by atoms with Gasteiger partial charge in [-0.2, -0.15) is 0 Å². The Labute approximate surface area is 105 Å². The van der Waals surface area contributed by atoms with Crippen molar-refractivity contribution in [1.29, 1.82) is 0 Å². The molecule has 0 fully saturated rings. The minimum Gasteiger partial charge on any atom is -0.316 e. The largest absolute Gasteiger partial charge is 0.316 e. The molecule has 19 heavy (non-hydrogen) atoms. The van der Waals surface area contributed by atoms with E-state index in [1.807, 2.05) is 11.9 Å². The normalized spacial score (nSPS) is 14.8. The van der Waals surface area contributed by atoms with Crippen molar-refractivity contribution in [3.05, 3.63) is 48.0 Å². The van der Waals surface area contributed by atoms with E-state index in [2.05, 4.69) is 9.97 Å². The highest BCUT2D eigenvalue weighted by Gasteiger charge is 2.28. The van der Waals surface area contributed by atoms with Crippen LogP contribution in [-0.4, -0.2) is 26.8 Å². The van der Waals surface area contributed by atoms with E-state index >= 15 is 0 Å². The Hall–Kier alpha value is -2.48. The third-order valence-electron chi connectivity index (χ3n) is 3.27. The molecule has 2 N–H and O–H groups in total. The summed E-state index contributed by atoms with van der Waals surface area (Å²) < 4.78 is 0. The predicted octanol–water partition coefficient (Wildman–Crippen LogP) is 0.0700. The van der Waals surface area contributed by atoms with E-state index in [0.717, 1.165) is 0 Å². The highest BCUT2D eigenvalue weighted by Crippen LogP contribution is 2.34. The minimum absolute atomic E-state index is 0.0328. The predicted molar refractivity (Wildman–Crippen MR) is 67.0 cm³/mol. The SMILES string of the molecule is CN1Cc2c([N+](=O)[O-])cc3[nH]c(=O)c(=O)[nH]c3c2C1. The summed E-state index contributed by atoms with van der Waals surface area (Å²) in [5, 5.41) is 11.1. The van der Waals surface area contributed by atoms with Crippen molar-refractivity contribution in [1.82, 2.24) is 14.9 Å². The van der Waals surface area contributed by atoms with Crippen LogP contribution in [-0.2, 0) is 13.1 Å².